The van der Waals surface area contributed by atoms with Crippen molar-refractivity contribution in [1.82, 2.24) is 0 Å². The second-order valence-electron chi connectivity index (χ2n) is 24.8. The van der Waals surface area contributed by atoms with E-state index in [1.807, 2.05) is 0 Å². The van der Waals surface area contributed by atoms with Gasteiger partial charge in [0.15, 0.2) is 0 Å². The summed E-state index contributed by atoms with van der Waals surface area (Å²) in [7, 11) is 0. The average Bonchev–Trinajstić information content (AvgIpc) is 4.15. The first kappa shape index (κ1) is 46.5. The highest BCUT2D eigenvalue weighted by Crippen LogP contribution is 2.61. The van der Waals surface area contributed by atoms with E-state index in [1.54, 1.807) is 0 Å². The van der Waals surface area contributed by atoms with Gasteiger partial charge in [-0.05, 0) is 171 Å². The van der Waals surface area contributed by atoms with Gasteiger partial charge in [-0.15, -0.1) is 0 Å². The normalized spacial score (nSPS) is 16.8. The van der Waals surface area contributed by atoms with Gasteiger partial charge in [0.25, 0.3) is 0 Å². The van der Waals surface area contributed by atoms with Crippen molar-refractivity contribution in [3.8, 4) is 44.5 Å². The molecule has 0 radical (unpaired) electrons. The molecule has 0 bridgehead atoms. The molecular formula is C75H65N. The van der Waals surface area contributed by atoms with Crippen LogP contribution in [0.15, 0.2) is 224 Å². The molecule has 1 spiro atoms. The van der Waals surface area contributed by atoms with Crippen LogP contribution in [0.3, 0.4) is 0 Å². The molecule has 4 aliphatic rings. The van der Waals surface area contributed by atoms with Crippen molar-refractivity contribution in [2.24, 2.45) is 0 Å². The largest absolute Gasteiger partial charge is 0.310 e. The minimum Gasteiger partial charge on any atom is -0.310 e. The van der Waals surface area contributed by atoms with Gasteiger partial charge in [0.2, 0.25) is 0 Å². The van der Waals surface area contributed by atoms with Gasteiger partial charge in [-0.1, -0.05) is 243 Å². The fourth-order valence-corrected chi connectivity index (χ4v) is 14.6. The first-order valence-corrected chi connectivity index (χ1v) is 27.6. The highest BCUT2D eigenvalue weighted by Gasteiger charge is 2.50. The molecule has 1 nitrogen and oxygen atoms in total. The van der Waals surface area contributed by atoms with E-state index in [1.165, 1.54) is 111 Å². The molecule has 0 saturated heterocycles. The smallest absolute Gasteiger partial charge is 0.0714 e. The Morgan fingerprint density at radius 1 is 0.355 bits per heavy atom. The second-order valence-corrected chi connectivity index (χ2v) is 24.8. The first-order chi connectivity index (χ1) is 36.7. The Balaban J connectivity index is 1.01. The van der Waals surface area contributed by atoms with Crippen LogP contribution in [0, 0.1) is 0 Å². The summed E-state index contributed by atoms with van der Waals surface area (Å²) < 4.78 is 0. The summed E-state index contributed by atoms with van der Waals surface area (Å²) in [6.45, 7) is 18.8. The molecule has 76 heavy (non-hydrogen) atoms. The van der Waals surface area contributed by atoms with Crippen LogP contribution < -0.4 is 4.90 Å². The van der Waals surface area contributed by atoms with Crippen LogP contribution >= 0.6 is 0 Å². The third kappa shape index (κ3) is 6.57. The van der Waals surface area contributed by atoms with Crippen molar-refractivity contribution in [1.29, 1.82) is 0 Å². The van der Waals surface area contributed by atoms with Crippen LogP contribution in [-0.2, 0) is 33.5 Å². The lowest BCUT2D eigenvalue weighted by Crippen LogP contribution is -2.30. The molecule has 0 aliphatic heterocycles. The number of anilines is 3. The second kappa shape index (κ2) is 16.5. The van der Waals surface area contributed by atoms with Crippen LogP contribution in [0.4, 0.5) is 17.1 Å². The number of nitrogens with zero attached hydrogens (tertiary/aromatic N) is 1. The molecule has 10 aromatic carbocycles. The summed E-state index contributed by atoms with van der Waals surface area (Å²) in [5, 5.41) is 0. The lowest BCUT2D eigenvalue weighted by Gasteiger charge is -2.37. The van der Waals surface area contributed by atoms with Crippen molar-refractivity contribution >= 4 is 17.1 Å². The predicted molar refractivity (Wildman–Crippen MR) is 319 cm³/mol. The molecule has 14 rings (SSSR count). The fourth-order valence-electron chi connectivity index (χ4n) is 14.6. The Morgan fingerprint density at radius 2 is 0.816 bits per heavy atom. The predicted octanol–water partition coefficient (Wildman–Crippen LogP) is 19.3. The van der Waals surface area contributed by atoms with Gasteiger partial charge in [-0.3, -0.25) is 0 Å². The highest BCUT2D eigenvalue weighted by atomic mass is 15.1. The SMILES string of the molecule is CC(C)(C)c1cccc(C2(c3cccc(C(C)(C)C)c3)c3ccccc3-c3ccc(N(c4ccc(-c5cccc6c5C(C)(C)c5ccccc5-6)cc4)c4ccc5c(c4)C4(CCc6ccccc64)c4ccccc4-5)cc32)c1. The van der Waals surface area contributed by atoms with Gasteiger partial charge in [-0.25, -0.2) is 0 Å². The number of benzene rings is 10. The third-order valence-corrected chi connectivity index (χ3v) is 18.3. The molecular weight excluding hydrogens is 915 g/mol. The Morgan fingerprint density at radius 3 is 1.45 bits per heavy atom. The molecule has 0 saturated carbocycles. The molecule has 0 fully saturated rings. The molecule has 4 aliphatic carbocycles. The van der Waals surface area contributed by atoms with Crippen LogP contribution in [-0.4, -0.2) is 0 Å². The molecule has 1 unspecified atom stereocenters. The van der Waals surface area contributed by atoms with E-state index in [0.717, 1.165) is 29.9 Å². The summed E-state index contributed by atoms with van der Waals surface area (Å²) in [6.07, 6.45) is 2.11. The summed E-state index contributed by atoms with van der Waals surface area (Å²) in [5.74, 6) is 0. The summed E-state index contributed by atoms with van der Waals surface area (Å²) in [4.78, 5) is 2.56. The van der Waals surface area contributed by atoms with Gasteiger partial charge in [0.05, 0.1) is 5.41 Å². The summed E-state index contributed by atoms with van der Waals surface area (Å²) in [5.41, 5.74) is 29.3. The number of hydrogen-bond donors (Lipinski definition) is 0. The van der Waals surface area contributed by atoms with Crippen LogP contribution in [0.1, 0.15) is 129 Å². The van der Waals surface area contributed by atoms with Crippen molar-refractivity contribution in [3.05, 3.63) is 291 Å². The van der Waals surface area contributed by atoms with Crippen molar-refractivity contribution in [2.45, 2.75) is 95.3 Å². The molecule has 1 atom stereocenters. The molecule has 1 heteroatoms. The number of fused-ring (bicyclic) bond motifs is 13. The van der Waals surface area contributed by atoms with E-state index in [-0.39, 0.29) is 21.7 Å². The van der Waals surface area contributed by atoms with E-state index in [0.29, 0.717) is 0 Å². The number of aryl methyl sites for hydroxylation is 1. The molecule has 0 amide bonds. The van der Waals surface area contributed by atoms with Gasteiger partial charge in [0, 0.05) is 27.9 Å². The van der Waals surface area contributed by atoms with Gasteiger partial charge in [0.1, 0.15) is 0 Å². The molecule has 0 heterocycles. The Bertz CT molecular complexity index is 3940. The zero-order chi connectivity index (χ0) is 51.9. The van der Waals surface area contributed by atoms with Crippen molar-refractivity contribution < 1.29 is 0 Å². The Kier molecular flexibility index (Phi) is 10.1. The topological polar surface area (TPSA) is 3.24 Å². The Hall–Kier alpha value is -8.00. The summed E-state index contributed by atoms with van der Waals surface area (Å²) >= 11 is 0. The first-order valence-electron chi connectivity index (χ1n) is 27.6. The maximum absolute atomic E-state index is 2.56. The highest BCUT2D eigenvalue weighted by molar-refractivity contribution is 5.93. The Labute approximate surface area is 450 Å². The van der Waals surface area contributed by atoms with E-state index in [2.05, 4.69) is 285 Å². The number of rotatable bonds is 6. The van der Waals surface area contributed by atoms with E-state index >= 15 is 0 Å². The molecule has 0 N–H and O–H groups in total. The van der Waals surface area contributed by atoms with E-state index < -0.39 is 5.41 Å². The van der Waals surface area contributed by atoms with E-state index in [4.69, 9.17) is 0 Å². The van der Waals surface area contributed by atoms with Gasteiger partial charge >= 0.3 is 0 Å². The molecule has 370 valence electrons. The fraction of sp³-hybridized carbons (Fsp3) is 0.200. The monoisotopic (exact) mass is 980 g/mol. The minimum absolute atomic E-state index is 0.0415. The van der Waals surface area contributed by atoms with Crippen molar-refractivity contribution in [2.75, 3.05) is 4.90 Å². The maximum Gasteiger partial charge on any atom is 0.0714 e. The lowest BCUT2D eigenvalue weighted by atomic mass is 9.66. The zero-order valence-electron chi connectivity index (χ0n) is 45.2. The van der Waals surface area contributed by atoms with Crippen LogP contribution in [0.25, 0.3) is 44.5 Å². The van der Waals surface area contributed by atoms with Crippen LogP contribution in [0.2, 0.25) is 0 Å². The number of hydrogen-bond acceptors (Lipinski definition) is 1. The lowest BCUT2D eigenvalue weighted by molar-refractivity contribution is 0.585. The maximum atomic E-state index is 2.56. The zero-order valence-corrected chi connectivity index (χ0v) is 45.2. The third-order valence-electron chi connectivity index (χ3n) is 18.3. The molecule has 10 aromatic rings. The molecule has 0 aromatic heterocycles. The quantitative estimate of drug-likeness (QED) is 0.160. The minimum atomic E-state index is -0.602. The van der Waals surface area contributed by atoms with Gasteiger partial charge in [-0.2, -0.15) is 0 Å². The van der Waals surface area contributed by atoms with Crippen LogP contribution in [0.5, 0.6) is 0 Å². The van der Waals surface area contributed by atoms with E-state index in [9.17, 15) is 0 Å². The average molecular weight is 980 g/mol. The summed E-state index contributed by atoms with van der Waals surface area (Å²) in [6, 6.07) is 86.8. The van der Waals surface area contributed by atoms with Gasteiger partial charge < -0.3 is 4.90 Å². The standard InChI is InChI=1S/C75H65N/c1-71(2,3)50-21-17-23-52(44-50)75(53-24-18-22-51(45-53)72(4,5)6)67-33-16-12-26-59(67)62-41-39-56(47-69(62)75)76(54-36-34-48(35-37-54)57-28-19-29-63-60-27-10-14-31-65(60)73(7,8)70(57)63)55-38-40-61-58-25-11-15-32-66(58)74(68(61)46-55)43-42-49-20-9-13-30-64(49)74/h9-41,44-47H,42-43H2,1-8H3. The van der Waals surface area contributed by atoms with Crippen molar-refractivity contribution in [3.63, 3.8) is 0 Å².